The standard InChI is InChI=1S/C8H8ClF2NO2/c9-7-4(13)1-3(10)6(8(7)11)5(14)2-12/h1,5,13-14H,2,12H2. The van der Waals surface area contributed by atoms with Crippen molar-refractivity contribution in [3.63, 3.8) is 0 Å². The van der Waals surface area contributed by atoms with E-state index in [1.807, 2.05) is 0 Å². The highest BCUT2D eigenvalue weighted by molar-refractivity contribution is 6.32. The molecule has 0 bridgehead atoms. The average molecular weight is 224 g/mol. The minimum absolute atomic E-state index is 0.338. The summed E-state index contributed by atoms with van der Waals surface area (Å²) in [4.78, 5) is 0. The van der Waals surface area contributed by atoms with Crippen LogP contribution in [-0.4, -0.2) is 16.8 Å². The second-order valence-electron chi connectivity index (χ2n) is 2.67. The molecule has 6 heteroatoms. The summed E-state index contributed by atoms with van der Waals surface area (Å²) in [6.07, 6.45) is -1.48. The predicted molar refractivity (Wildman–Crippen MR) is 47.0 cm³/mol. The maximum Gasteiger partial charge on any atom is 0.154 e. The van der Waals surface area contributed by atoms with E-state index in [4.69, 9.17) is 27.5 Å². The Bertz CT molecular complexity index is 360. The van der Waals surface area contributed by atoms with Gasteiger partial charge in [0.1, 0.15) is 16.6 Å². The van der Waals surface area contributed by atoms with Crippen LogP contribution in [0.4, 0.5) is 8.78 Å². The van der Waals surface area contributed by atoms with E-state index >= 15 is 0 Å². The van der Waals surface area contributed by atoms with Gasteiger partial charge >= 0.3 is 0 Å². The average Bonchev–Trinajstić information content (AvgIpc) is 2.14. The van der Waals surface area contributed by atoms with Crippen molar-refractivity contribution in [1.82, 2.24) is 0 Å². The lowest BCUT2D eigenvalue weighted by Crippen LogP contribution is -2.15. The normalized spacial score (nSPS) is 12.9. The van der Waals surface area contributed by atoms with Gasteiger partial charge in [0.2, 0.25) is 0 Å². The highest BCUT2D eigenvalue weighted by Crippen LogP contribution is 2.33. The van der Waals surface area contributed by atoms with Crippen LogP contribution in [0.25, 0.3) is 0 Å². The van der Waals surface area contributed by atoms with E-state index < -0.39 is 34.1 Å². The summed E-state index contributed by atoms with van der Waals surface area (Å²) in [6, 6.07) is 0.625. The van der Waals surface area contributed by atoms with E-state index in [-0.39, 0.29) is 6.54 Å². The van der Waals surface area contributed by atoms with Crippen LogP contribution in [0.3, 0.4) is 0 Å². The second kappa shape index (κ2) is 4.08. The highest BCUT2D eigenvalue weighted by Gasteiger charge is 2.21. The van der Waals surface area contributed by atoms with Crippen LogP contribution in [0.1, 0.15) is 11.7 Å². The molecule has 1 aromatic rings. The molecule has 0 aliphatic rings. The van der Waals surface area contributed by atoms with Crippen molar-refractivity contribution >= 4 is 11.6 Å². The van der Waals surface area contributed by atoms with Gasteiger partial charge in [0, 0.05) is 12.6 Å². The molecule has 0 radical (unpaired) electrons. The number of halogens is 3. The van der Waals surface area contributed by atoms with E-state index in [1.54, 1.807) is 0 Å². The number of benzene rings is 1. The van der Waals surface area contributed by atoms with E-state index in [0.717, 1.165) is 0 Å². The van der Waals surface area contributed by atoms with Gasteiger partial charge in [0.05, 0.1) is 11.7 Å². The van der Waals surface area contributed by atoms with Gasteiger partial charge in [-0.3, -0.25) is 0 Å². The molecule has 0 aliphatic carbocycles. The predicted octanol–water partition coefficient (Wildman–Crippen LogP) is 1.32. The first-order valence-electron chi connectivity index (χ1n) is 3.73. The molecule has 0 amide bonds. The topological polar surface area (TPSA) is 66.5 Å². The fraction of sp³-hybridized carbons (Fsp3) is 0.250. The van der Waals surface area contributed by atoms with Crippen LogP contribution in [-0.2, 0) is 0 Å². The molecule has 1 unspecified atom stereocenters. The lowest BCUT2D eigenvalue weighted by Gasteiger charge is -2.12. The Morgan fingerprint density at radius 3 is 2.57 bits per heavy atom. The molecule has 4 N–H and O–H groups in total. The largest absolute Gasteiger partial charge is 0.506 e. The van der Waals surface area contributed by atoms with Crippen molar-refractivity contribution in [2.45, 2.75) is 6.10 Å². The third-order valence-corrected chi connectivity index (χ3v) is 2.09. The van der Waals surface area contributed by atoms with Crippen LogP contribution in [0.15, 0.2) is 6.07 Å². The molecule has 1 aromatic carbocycles. The Morgan fingerprint density at radius 2 is 2.07 bits per heavy atom. The Balaban J connectivity index is 3.36. The fourth-order valence-electron chi connectivity index (χ4n) is 1.02. The number of aromatic hydroxyl groups is 1. The summed E-state index contributed by atoms with van der Waals surface area (Å²) in [7, 11) is 0. The highest BCUT2D eigenvalue weighted by atomic mass is 35.5. The van der Waals surface area contributed by atoms with Crippen LogP contribution >= 0.6 is 11.6 Å². The fourth-order valence-corrected chi connectivity index (χ4v) is 1.18. The van der Waals surface area contributed by atoms with Gasteiger partial charge in [-0.05, 0) is 0 Å². The summed E-state index contributed by atoms with van der Waals surface area (Å²) in [6.45, 7) is -0.338. The first kappa shape index (κ1) is 11.2. The Morgan fingerprint density at radius 1 is 1.50 bits per heavy atom. The van der Waals surface area contributed by atoms with Crippen molar-refractivity contribution in [2.24, 2.45) is 5.73 Å². The van der Waals surface area contributed by atoms with Crippen LogP contribution in [0, 0.1) is 11.6 Å². The molecule has 0 fully saturated rings. The first-order chi connectivity index (χ1) is 6.49. The van der Waals surface area contributed by atoms with Crippen LogP contribution in [0.5, 0.6) is 5.75 Å². The third-order valence-electron chi connectivity index (χ3n) is 1.73. The maximum absolute atomic E-state index is 13.2. The molecule has 0 saturated heterocycles. The molecule has 3 nitrogen and oxygen atoms in total. The van der Waals surface area contributed by atoms with Gasteiger partial charge < -0.3 is 15.9 Å². The lowest BCUT2D eigenvalue weighted by atomic mass is 10.1. The molecule has 14 heavy (non-hydrogen) atoms. The summed E-state index contributed by atoms with van der Waals surface area (Å²) in [5.41, 5.74) is 4.41. The number of rotatable bonds is 2. The van der Waals surface area contributed by atoms with Gasteiger partial charge in [-0.2, -0.15) is 0 Å². The Kier molecular flexibility index (Phi) is 3.25. The summed E-state index contributed by atoms with van der Waals surface area (Å²) in [5, 5.41) is 17.5. The number of hydrogen-bond donors (Lipinski definition) is 3. The minimum atomic E-state index is -1.48. The quantitative estimate of drug-likeness (QED) is 0.663. The molecule has 0 saturated carbocycles. The Labute approximate surface area is 83.7 Å². The van der Waals surface area contributed by atoms with Gasteiger partial charge in [-0.1, -0.05) is 11.6 Å². The molecule has 0 aromatic heterocycles. The van der Waals surface area contributed by atoms with Crippen molar-refractivity contribution in [3.8, 4) is 5.75 Å². The minimum Gasteiger partial charge on any atom is -0.506 e. The number of nitrogens with two attached hydrogens (primary N) is 1. The zero-order valence-corrected chi connectivity index (χ0v) is 7.72. The van der Waals surface area contributed by atoms with Gasteiger partial charge in [0.25, 0.3) is 0 Å². The molecule has 1 atom stereocenters. The summed E-state index contributed by atoms with van der Waals surface area (Å²) >= 11 is 5.31. The first-order valence-corrected chi connectivity index (χ1v) is 4.11. The number of aliphatic hydroxyl groups is 1. The molecular weight excluding hydrogens is 216 g/mol. The number of aliphatic hydroxyl groups excluding tert-OH is 1. The zero-order valence-electron chi connectivity index (χ0n) is 6.97. The molecule has 1 rings (SSSR count). The van der Waals surface area contributed by atoms with Gasteiger partial charge in [0.15, 0.2) is 5.82 Å². The van der Waals surface area contributed by atoms with Crippen molar-refractivity contribution in [2.75, 3.05) is 6.54 Å². The maximum atomic E-state index is 13.2. The summed E-state index contributed by atoms with van der Waals surface area (Å²) in [5.74, 6) is -2.99. The van der Waals surface area contributed by atoms with Crippen LogP contribution < -0.4 is 5.73 Å². The van der Waals surface area contributed by atoms with E-state index in [2.05, 4.69) is 0 Å². The third kappa shape index (κ3) is 1.79. The SMILES string of the molecule is NCC(O)c1c(F)cc(O)c(Cl)c1F. The van der Waals surface area contributed by atoms with E-state index in [1.165, 1.54) is 0 Å². The van der Waals surface area contributed by atoms with Gasteiger partial charge in [-0.25, -0.2) is 8.78 Å². The molecule has 0 aliphatic heterocycles. The monoisotopic (exact) mass is 223 g/mol. The lowest BCUT2D eigenvalue weighted by molar-refractivity contribution is 0.176. The van der Waals surface area contributed by atoms with E-state index in [9.17, 15) is 8.78 Å². The number of phenolic OH excluding ortho intramolecular Hbond substituents is 1. The van der Waals surface area contributed by atoms with Crippen molar-refractivity contribution < 1.29 is 19.0 Å². The molecular formula is C8H8ClF2NO2. The second-order valence-corrected chi connectivity index (χ2v) is 3.05. The number of hydrogen-bond acceptors (Lipinski definition) is 3. The van der Waals surface area contributed by atoms with Gasteiger partial charge in [-0.15, -0.1) is 0 Å². The summed E-state index contributed by atoms with van der Waals surface area (Å²) < 4.78 is 26.3. The molecule has 0 heterocycles. The smallest absolute Gasteiger partial charge is 0.154 e. The Hall–Kier alpha value is -0.910. The van der Waals surface area contributed by atoms with Crippen molar-refractivity contribution in [3.05, 3.63) is 28.3 Å². The van der Waals surface area contributed by atoms with Crippen molar-refractivity contribution in [1.29, 1.82) is 0 Å². The zero-order chi connectivity index (χ0) is 10.9. The molecule has 78 valence electrons. The van der Waals surface area contributed by atoms with Crippen LogP contribution in [0.2, 0.25) is 5.02 Å². The molecule has 0 spiro atoms. The van der Waals surface area contributed by atoms with E-state index in [0.29, 0.717) is 6.07 Å². The number of phenols is 1.